The summed E-state index contributed by atoms with van der Waals surface area (Å²) in [5.41, 5.74) is 0.664. The maximum atomic E-state index is 14.9. The Morgan fingerprint density at radius 3 is 2.73 bits per heavy atom. The van der Waals surface area contributed by atoms with E-state index in [4.69, 9.17) is 14.6 Å². The lowest BCUT2D eigenvalue weighted by atomic mass is 10.1. The molecule has 3 heterocycles. The number of rotatable bonds is 12. The van der Waals surface area contributed by atoms with Gasteiger partial charge in [0.2, 0.25) is 5.91 Å². The standard InChI is InChI=1S/C27H23FN4O7S/c28-18-11-17(31-26(37)27(15-33)6-7-27)1-2-20(18)39-21-5-8-29-19-12-22(40-25(19)21)16-13-30-32(14-16)9-10-38-24(36)4-3-23(34)35/h1-2,5,8,11-15H,3-4,6-7,9-10H2,(H,31,37)(H,34,35). The van der Waals surface area contributed by atoms with E-state index in [1.54, 1.807) is 29.3 Å². The van der Waals surface area contributed by atoms with Crippen molar-refractivity contribution in [1.82, 2.24) is 14.8 Å². The van der Waals surface area contributed by atoms with Crippen LogP contribution in [0.1, 0.15) is 25.7 Å². The Morgan fingerprint density at radius 1 is 1.18 bits per heavy atom. The molecule has 5 rings (SSSR count). The molecule has 1 aliphatic rings. The van der Waals surface area contributed by atoms with E-state index >= 15 is 0 Å². The van der Waals surface area contributed by atoms with Crippen LogP contribution >= 0.6 is 11.3 Å². The van der Waals surface area contributed by atoms with Crippen LogP contribution in [0.2, 0.25) is 0 Å². The van der Waals surface area contributed by atoms with E-state index in [0.29, 0.717) is 41.6 Å². The van der Waals surface area contributed by atoms with Crippen LogP contribution < -0.4 is 10.1 Å². The van der Waals surface area contributed by atoms with E-state index in [1.807, 2.05) is 6.07 Å². The monoisotopic (exact) mass is 566 g/mol. The van der Waals surface area contributed by atoms with Crippen LogP contribution in [-0.2, 0) is 30.5 Å². The molecule has 0 bridgehead atoms. The topological polar surface area (TPSA) is 150 Å². The van der Waals surface area contributed by atoms with Gasteiger partial charge in [-0.2, -0.15) is 5.10 Å². The first kappa shape index (κ1) is 26.9. The number of fused-ring (bicyclic) bond motifs is 1. The van der Waals surface area contributed by atoms with Gasteiger partial charge < -0.3 is 24.7 Å². The fourth-order valence-corrected chi connectivity index (χ4v) is 4.89. The van der Waals surface area contributed by atoms with Gasteiger partial charge in [0.05, 0.1) is 35.8 Å². The lowest BCUT2D eigenvalue weighted by Gasteiger charge is -2.11. The van der Waals surface area contributed by atoms with Gasteiger partial charge in [-0.15, -0.1) is 11.3 Å². The summed E-state index contributed by atoms with van der Waals surface area (Å²) >= 11 is 1.38. The van der Waals surface area contributed by atoms with Crippen molar-refractivity contribution in [2.24, 2.45) is 5.41 Å². The molecule has 0 aliphatic heterocycles. The molecule has 0 atom stereocenters. The highest BCUT2D eigenvalue weighted by Gasteiger charge is 2.50. The van der Waals surface area contributed by atoms with Gasteiger partial charge in [-0.05, 0) is 31.0 Å². The molecule has 11 nitrogen and oxygen atoms in total. The predicted molar refractivity (Wildman–Crippen MR) is 142 cm³/mol. The molecule has 40 heavy (non-hydrogen) atoms. The third kappa shape index (κ3) is 5.99. The Kier molecular flexibility index (Phi) is 7.56. The first-order valence-corrected chi connectivity index (χ1v) is 13.1. The number of aromatic nitrogens is 3. The number of carbonyl (C=O) groups is 4. The van der Waals surface area contributed by atoms with Crippen LogP contribution in [0.15, 0.2) is 48.9 Å². The second-order valence-corrected chi connectivity index (χ2v) is 10.3. The number of amides is 1. The second-order valence-electron chi connectivity index (χ2n) is 9.22. The molecule has 0 saturated heterocycles. The summed E-state index contributed by atoms with van der Waals surface area (Å²) < 4.78 is 28.1. The van der Waals surface area contributed by atoms with E-state index < -0.39 is 29.1 Å². The summed E-state index contributed by atoms with van der Waals surface area (Å²) in [4.78, 5) is 50.7. The maximum absolute atomic E-state index is 14.9. The fourth-order valence-electron chi connectivity index (χ4n) is 3.85. The van der Waals surface area contributed by atoms with Crippen molar-refractivity contribution >= 4 is 51.4 Å². The van der Waals surface area contributed by atoms with Crippen LogP contribution in [0, 0.1) is 11.2 Å². The molecule has 2 N–H and O–H groups in total. The van der Waals surface area contributed by atoms with E-state index in [1.165, 1.54) is 23.5 Å². The number of ether oxygens (including phenoxy) is 2. The SMILES string of the molecule is O=CC1(C(=O)Nc2ccc(Oc3ccnc4cc(-c5cnn(CCOC(=O)CCC(=O)O)c5)sc34)c(F)c2)CC1. The zero-order valence-electron chi connectivity index (χ0n) is 21.0. The number of carbonyl (C=O) groups excluding carboxylic acids is 3. The van der Waals surface area contributed by atoms with Crippen LogP contribution in [-0.4, -0.2) is 50.6 Å². The molecular weight excluding hydrogens is 543 g/mol. The van der Waals surface area contributed by atoms with Crippen molar-refractivity contribution < 1.29 is 38.1 Å². The Balaban J connectivity index is 1.25. The van der Waals surface area contributed by atoms with Crippen LogP contribution in [0.4, 0.5) is 10.1 Å². The minimum absolute atomic E-state index is 0.0392. The van der Waals surface area contributed by atoms with Crippen molar-refractivity contribution in [3.05, 3.63) is 54.7 Å². The summed E-state index contributed by atoms with van der Waals surface area (Å²) in [6.07, 6.45) is 6.12. The summed E-state index contributed by atoms with van der Waals surface area (Å²) in [5.74, 6) is -2.42. The minimum atomic E-state index is -1.06. The highest BCUT2D eigenvalue weighted by molar-refractivity contribution is 7.22. The number of carboxylic acid groups (broad SMARTS) is 1. The molecule has 0 unspecified atom stereocenters. The van der Waals surface area contributed by atoms with E-state index in [-0.39, 0.29) is 30.9 Å². The number of aliphatic carboxylic acids is 1. The van der Waals surface area contributed by atoms with Gasteiger partial charge in [-0.25, -0.2) is 4.39 Å². The zero-order chi connectivity index (χ0) is 28.3. The van der Waals surface area contributed by atoms with Gasteiger partial charge >= 0.3 is 11.9 Å². The number of nitrogens with one attached hydrogen (secondary N) is 1. The molecule has 1 amide bonds. The van der Waals surface area contributed by atoms with Crippen molar-refractivity contribution in [1.29, 1.82) is 0 Å². The number of anilines is 1. The first-order valence-electron chi connectivity index (χ1n) is 12.3. The van der Waals surface area contributed by atoms with E-state index in [2.05, 4.69) is 15.4 Å². The lowest BCUT2D eigenvalue weighted by Crippen LogP contribution is -2.25. The van der Waals surface area contributed by atoms with Gasteiger partial charge in [0.1, 0.15) is 24.1 Å². The third-order valence-corrected chi connectivity index (χ3v) is 7.48. The van der Waals surface area contributed by atoms with E-state index in [0.717, 1.165) is 16.5 Å². The fraction of sp³-hybridized carbons (Fsp3) is 0.259. The number of carboxylic acids is 1. The molecule has 206 valence electrons. The maximum Gasteiger partial charge on any atom is 0.306 e. The number of pyridine rings is 1. The number of hydrogen-bond acceptors (Lipinski definition) is 9. The number of thiophene rings is 1. The van der Waals surface area contributed by atoms with Crippen molar-refractivity contribution in [2.45, 2.75) is 32.2 Å². The summed E-state index contributed by atoms with van der Waals surface area (Å²) in [7, 11) is 0. The number of nitrogens with zero attached hydrogens (tertiary/aromatic N) is 3. The van der Waals surface area contributed by atoms with Crippen LogP contribution in [0.25, 0.3) is 20.7 Å². The van der Waals surface area contributed by atoms with Crippen molar-refractivity contribution in [2.75, 3.05) is 11.9 Å². The molecule has 4 aromatic rings. The molecule has 13 heteroatoms. The Morgan fingerprint density at radius 2 is 2.00 bits per heavy atom. The summed E-state index contributed by atoms with van der Waals surface area (Å²) in [6, 6.07) is 7.54. The molecule has 3 aromatic heterocycles. The number of hydrogen-bond donors (Lipinski definition) is 2. The average molecular weight is 567 g/mol. The zero-order valence-corrected chi connectivity index (χ0v) is 21.8. The summed E-state index contributed by atoms with van der Waals surface area (Å²) in [6.45, 7) is 0.347. The number of halogens is 1. The Bertz CT molecular complexity index is 1610. The highest BCUT2D eigenvalue weighted by atomic mass is 32.1. The third-order valence-electron chi connectivity index (χ3n) is 6.30. The average Bonchev–Trinajstić information content (AvgIpc) is 3.38. The Labute approximate surface area is 230 Å². The van der Waals surface area contributed by atoms with Gasteiger partial charge in [-0.3, -0.25) is 24.0 Å². The normalized spacial score (nSPS) is 13.5. The molecule has 0 radical (unpaired) electrons. The molecule has 1 aromatic carbocycles. The first-order chi connectivity index (χ1) is 19.3. The van der Waals surface area contributed by atoms with Crippen LogP contribution in [0.5, 0.6) is 11.5 Å². The lowest BCUT2D eigenvalue weighted by molar-refractivity contribution is -0.148. The molecule has 1 saturated carbocycles. The van der Waals surface area contributed by atoms with Crippen molar-refractivity contribution in [3.8, 4) is 21.9 Å². The second kappa shape index (κ2) is 11.2. The molecule has 1 fully saturated rings. The van der Waals surface area contributed by atoms with Gasteiger partial charge in [-0.1, -0.05) is 0 Å². The molecular formula is C27H23FN4O7S. The number of benzene rings is 1. The number of aldehydes is 1. The highest BCUT2D eigenvalue weighted by Crippen LogP contribution is 2.44. The summed E-state index contributed by atoms with van der Waals surface area (Å²) in [5, 5.41) is 15.5. The predicted octanol–water partition coefficient (Wildman–Crippen LogP) is 4.42. The smallest absolute Gasteiger partial charge is 0.306 e. The van der Waals surface area contributed by atoms with Gasteiger partial charge in [0.25, 0.3) is 0 Å². The quantitative estimate of drug-likeness (QED) is 0.144. The minimum Gasteiger partial charge on any atom is -0.481 e. The van der Waals surface area contributed by atoms with Gasteiger partial charge in [0, 0.05) is 40.7 Å². The largest absolute Gasteiger partial charge is 0.481 e. The Hall–Kier alpha value is -4.65. The van der Waals surface area contributed by atoms with Crippen LogP contribution in [0.3, 0.4) is 0 Å². The van der Waals surface area contributed by atoms with E-state index in [9.17, 15) is 23.6 Å². The molecule has 0 spiro atoms. The number of esters is 1. The molecule has 1 aliphatic carbocycles. The van der Waals surface area contributed by atoms with Crippen molar-refractivity contribution in [3.63, 3.8) is 0 Å². The van der Waals surface area contributed by atoms with Gasteiger partial charge in [0.15, 0.2) is 11.6 Å².